The molecular formula is C18H25N3O2. The molecule has 0 saturated heterocycles. The van der Waals surface area contributed by atoms with Gasteiger partial charge in [0.1, 0.15) is 6.61 Å². The van der Waals surface area contributed by atoms with Gasteiger partial charge in [-0.05, 0) is 43.4 Å². The highest BCUT2D eigenvalue weighted by Crippen LogP contribution is 2.18. The Hall–Kier alpha value is -2.04. The molecule has 1 fully saturated rings. The van der Waals surface area contributed by atoms with Crippen LogP contribution in [0.2, 0.25) is 0 Å². The Balaban J connectivity index is 1.49. The van der Waals surface area contributed by atoms with Gasteiger partial charge < -0.3 is 15.8 Å². The lowest BCUT2D eigenvalue weighted by molar-refractivity contribution is 0.0927. The SMILES string of the molecule is NC1=N[C@@H](CCc2ccc(C(=O)NC3CCCCC3)cc2)CO1. The predicted octanol–water partition coefficient (Wildman–Crippen LogP) is 2.40. The quantitative estimate of drug-likeness (QED) is 0.876. The summed E-state index contributed by atoms with van der Waals surface area (Å²) in [5.41, 5.74) is 7.46. The van der Waals surface area contributed by atoms with Crippen LogP contribution in [0.25, 0.3) is 0 Å². The maximum Gasteiger partial charge on any atom is 0.282 e. The number of ether oxygens (including phenoxy) is 1. The van der Waals surface area contributed by atoms with E-state index in [-0.39, 0.29) is 11.9 Å². The fourth-order valence-electron chi connectivity index (χ4n) is 3.26. The molecule has 0 radical (unpaired) electrons. The van der Waals surface area contributed by atoms with Crippen LogP contribution < -0.4 is 11.1 Å². The largest absolute Gasteiger partial charge is 0.463 e. The Morgan fingerprint density at radius 3 is 2.61 bits per heavy atom. The lowest BCUT2D eigenvalue weighted by Gasteiger charge is -2.22. The summed E-state index contributed by atoms with van der Waals surface area (Å²) in [4.78, 5) is 16.5. The number of nitrogens with one attached hydrogen (secondary N) is 1. The smallest absolute Gasteiger partial charge is 0.282 e. The van der Waals surface area contributed by atoms with Gasteiger partial charge in [0.15, 0.2) is 0 Å². The molecule has 3 N–H and O–H groups in total. The third-order valence-corrected chi connectivity index (χ3v) is 4.66. The average Bonchev–Trinajstić information content (AvgIpc) is 3.00. The first-order valence-corrected chi connectivity index (χ1v) is 8.56. The first-order valence-electron chi connectivity index (χ1n) is 8.56. The number of amides is 1. The maximum absolute atomic E-state index is 12.3. The highest BCUT2D eigenvalue weighted by molar-refractivity contribution is 5.94. The maximum atomic E-state index is 12.3. The van der Waals surface area contributed by atoms with E-state index in [2.05, 4.69) is 10.3 Å². The highest BCUT2D eigenvalue weighted by atomic mass is 16.5. The number of benzene rings is 1. The van der Waals surface area contributed by atoms with Gasteiger partial charge in [0, 0.05) is 11.6 Å². The number of rotatable bonds is 5. The van der Waals surface area contributed by atoms with Crippen molar-refractivity contribution in [1.29, 1.82) is 0 Å². The summed E-state index contributed by atoms with van der Waals surface area (Å²) < 4.78 is 5.15. The fourth-order valence-corrected chi connectivity index (χ4v) is 3.26. The van der Waals surface area contributed by atoms with Crippen molar-refractivity contribution in [3.05, 3.63) is 35.4 Å². The Bertz CT molecular complexity index is 562. The first kappa shape index (κ1) is 15.8. The van der Waals surface area contributed by atoms with Gasteiger partial charge in [-0.25, -0.2) is 4.99 Å². The van der Waals surface area contributed by atoms with Crippen LogP contribution in [-0.2, 0) is 11.2 Å². The fraction of sp³-hybridized carbons (Fsp3) is 0.556. The van der Waals surface area contributed by atoms with Crippen molar-refractivity contribution in [1.82, 2.24) is 5.32 Å². The van der Waals surface area contributed by atoms with E-state index in [4.69, 9.17) is 10.5 Å². The molecule has 0 bridgehead atoms. The van der Waals surface area contributed by atoms with Crippen molar-refractivity contribution in [2.45, 2.75) is 57.0 Å². The highest BCUT2D eigenvalue weighted by Gasteiger charge is 2.18. The molecule has 1 atom stereocenters. The van der Waals surface area contributed by atoms with E-state index in [1.165, 1.54) is 24.8 Å². The number of hydrogen-bond acceptors (Lipinski definition) is 4. The molecule has 23 heavy (non-hydrogen) atoms. The van der Waals surface area contributed by atoms with E-state index in [0.29, 0.717) is 18.7 Å². The topological polar surface area (TPSA) is 76.7 Å². The molecule has 1 aromatic carbocycles. The van der Waals surface area contributed by atoms with Crippen LogP contribution >= 0.6 is 0 Å². The van der Waals surface area contributed by atoms with E-state index in [9.17, 15) is 4.79 Å². The second kappa shape index (κ2) is 7.49. The molecule has 5 heteroatoms. The lowest BCUT2D eigenvalue weighted by Crippen LogP contribution is -2.36. The Kier molecular flexibility index (Phi) is 5.16. The summed E-state index contributed by atoms with van der Waals surface area (Å²) >= 11 is 0. The van der Waals surface area contributed by atoms with Crippen LogP contribution in [0.5, 0.6) is 0 Å². The Morgan fingerprint density at radius 1 is 1.22 bits per heavy atom. The lowest BCUT2D eigenvalue weighted by atomic mass is 9.95. The van der Waals surface area contributed by atoms with Gasteiger partial charge in [-0.1, -0.05) is 31.4 Å². The number of hydrogen-bond donors (Lipinski definition) is 2. The molecule has 0 aromatic heterocycles. The Labute approximate surface area is 137 Å². The molecule has 3 rings (SSSR count). The van der Waals surface area contributed by atoms with Gasteiger partial charge in [0.05, 0.1) is 6.04 Å². The molecule has 1 aliphatic heterocycles. The summed E-state index contributed by atoms with van der Waals surface area (Å²) in [6, 6.07) is 8.68. The molecule has 0 unspecified atom stereocenters. The summed E-state index contributed by atoms with van der Waals surface area (Å²) in [6.07, 6.45) is 7.78. The number of aryl methyl sites for hydroxylation is 1. The number of aliphatic imine (C=N–C) groups is 1. The summed E-state index contributed by atoms with van der Waals surface area (Å²) in [7, 11) is 0. The molecule has 124 valence electrons. The molecule has 1 saturated carbocycles. The summed E-state index contributed by atoms with van der Waals surface area (Å²) in [5, 5.41) is 3.15. The molecular weight excluding hydrogens is 290 g/mol. The van der Waals surface area contributed by atoms with E-state index in [0.717, 1.165) is 31.2 Å². The molecule has 1 heterocycles. The minimum Gasteiger partial charge on any atom is -0.463 e. The van der Waals surface area contributed by atoms with Crippen LogP contribution in [0, 0.1) is 0 Å². The predicted molar refractivity (Wildman–Crippen MR) is 90.5 cm³/mol. The number of carbonyl (C=O) groups is 1. The summed E-state index contributed by atoms with van der Waals surface area (Å²) in [6.45, 7) is 0.577. The minimum atomic E-state index is 0.0463. The molecule has 5 nitrogen and oxygen atoms in total. The number of nitrogens with zero attached hydrogens (tertiary/aromatic N) is 1. The Morgan fingerprint density at radius 2 is 1.96 bits per heavy atom. The molecule has 0 spiro atoms. The van der Waals surface area contributed by atoms with Crippen LogP contribution in [-0.4, -0.2) is 30.6 Å². The number of carbonyl (C=O) groups excluding carboxylic acids is 1. The second-order valence-corrected chi connectivity index (χ2v) is 6.48. The monoisotopic (exact) mass is 315 g/mol. The zero-order chi connectivity index (χ0) is 16.1. The number of amidine groups is 1. The van der Waals surface area contributed by atoms with Crippen LogP contribution in [0.15, 0.2) is 29.3 Å². The van der Waals surface area contributed by atoms with Crippen molar-refractivity contribution in [2.24, 2.45) is 10.7 Å². The van der Waals surface area contributed by atoms with Crippen molar-refractivity contribution >= 4 is 11.9 Å². The zero-order valence-electron chi connectivity index (χ0n) is 13.5. The van der Waals surface area contributed by atoms with Gasteiger partial charge in [-0.15, -0.1) is 0 Å². The van der Waals surface area contributed by atoms with Gasteiger partial charge in [0.2, 0.25) is 0 Å². The van der Waals surface area contributed by atoms with Gasteiger partial charge in [0.25, 0.3) is 11.9 Å². The van der Waals surface area contributed by atoms with E-state index in [1.54, 1.807) is 0 Å². The van der Waals surface area contributed by atoms with Crippen LogP contribution in [0.1, 0.15) is 54.4 Å². The van der Waals surface area contributed by atoms with Gasteiger partial charge in [-0.3, -0.25) is 4.79 Å². The minimum absolute atomic E-state index is 0.0463. The normalized spacial score (nSPS) is 21.6. The summed E-state index contributed by atoms with van der Waals surface area (Å²) in [5.74, 6) is 0.0463. The van der Waals surface area contributed by atoms with Crippen LogP contribution in [0.4, 0.5) is 0 Å². The standard InChI is InChI=1S/C18H25N3O2/c19-18-21-16(12-23-18)11-8-13-6-9-14(10-7-13)17(22)20-15-4-2-1-3-5-15/h6-7,9-10,15-16H,1-5,8,11-12H2,(H2,19,21)(H,20,22)/t16-/m0/s1. The number of nitrogens with two attached hydrogens (primary N) is 1. The van der Waals surface area contributed by atoms with Crippen molar-refractivity contribution in [2.75, 3.05) is 6.61 Å². The van der Waals surface area contributed by atoms with E-state index >= 15 is 0 Å². The van der Waals surface area contributed by atoms with Crippen LogP contribution in [0.3, 0.4) is 0 Å². The van der Waals surface area contributed by atoms with Crippen molar-refractivity contribution in [3.63, 3.8) is 0 Å². The zero-order valence-corrected chi connectivity index (χ0v) is 13.5. The first-order chi connectivity index (χ1) is 11.2. The van der Waals surface area contributed by atoms with Crippen molar-refractivity contribution < 1.29 is 9.53 Å². The molecule has 2 aliphatic rings. The average molecular weight is 315 g/mol. The molecule has 1 aliphatic carbocycles. The van der Waals surface area contributed by atoms with E-state index in [1.807, 2.05) is 24.3 Å². The van der Waals surface area contributed by atoms with E-state index < -0.39 is 0 Å². The molecule has 1 aromatic rings. The second-order valence-electron chi connectivity index (χ2n) is 6.48. The molecule has 1 amide bonds. The van der Waals surface area contributed by atoms with Gasteiger partial charge >= 0.3 is 0 Å². The third-order valence-electron chi connectivity index (χ3n) is 4.66. The van der Waals surface area contributed by atoms with Crippen molar-refractivity contribution in [3.8, 4) is 0 Å². The third kappa shape index (κ3) is 4.47. The van der Waals surface area contributed by atoms with Gasteiger partial charge in [-0.2, -0.15) is 0 Å².